The summed E-state index contributed by atoms with van der Waals surface area (Å²) < 4.78 is 4.17. The Balaban J connectivity index is 1.57. The van der Waals surface area contributed by atoms with Crippen LogP contribution in [0, 0.1) is 5.92 Å². The molecule has 0 aromatic carbocycles. The van der Waals surface area contributed by atoms with Gasteiger partial charge in [-0.25, -0.2) is 4.68 Å². The van der Waals surface area contributed by atoms with Crippen molar-refractivity contribution >= 4 is 33.0 Å². The summed E-state index contributed by atoms with van der Waals surface area (Å²) in [7, 11) is 0. The molecule has 3 heterocycles. The molecule has 0 saturated heterocycles. The average molecular weight is 372 g/mol. The van der Waals surface area contributed by atoms with E-state index < -0.39 is 0 Å². The molecule has 138 valence electrons. The van der Waals surface area contributed by atoms with E-state index in [9.17, 15) is 9.59 Å². The van der Waals surface area contributed by atoms with Crippen LogP contribution in [-0.2, 0) is 17.8 Å². The second-order valence-corrected chi connectivity index (χ2v) is 8.41. The number of aryl methyl sites for hydroxylation is 1. The Hall–Kier alpha value is -2.15. The summed E-state index contributed by atoms with van der Waals surface area (Å²) in [5.74, 6) is 0.356. The fourth-order valence-electron chi connectivity index (χ4n) is 3.86. The zero-order chi connectivity index (χ0) is 18.3. The van der Waals surface area contributed by atoms with Crippen molar-refractivity contribution < 1.29 is 4.79 Å². The Kier molecular flexibility index (Phi) is 4.56. The van der Waals surface area contributed by atoms with Crippen LogP contribution in [0.3, 0.4) is 0 Å². The molecule has 6 nitrogen and oxygen atoms in total. The van der Waals surface area contributed by atoms with Crippen molar-refractivity contribution in [2.75, 3.05) is 0 Å². The monoisotopic (exact) mass is 372 g/mol. The van der Waals surface area contributed by atoms with E-state index in [1.165, 1.54) is 16.0 Å². The second kappa shape index (κ2) is 6.87. The van der Waals surface area contributed by atoms with E-state index in [2.05, 4.69) is 30.3 Å². The van der Waals surface area contributed by atoms with E-state index in [1.54, 1.807) is 17.7 Å². The molecule has 2 atom stereocenters. The summed E-state index contributed by atoms with van der Waals surface area (Å²) in [6.07, 6.45) is 7.17. The van der Waals surface area contributed by atoms with Crippen molar-refractivity contribution in [3.8, 4) is 0 Å². The number of thiophene rings is 1. The number of fused-ring (bicyclic) bond motifs is 3. The SMILES string of the molecule is CCc1cc2c(cc3c(=O)n(CC(=O)NC4CCCCC4C)ncn32)s1. The molecule has 26 heavy (non-hydrogen) atoms. The molecular formula is C19H24N4O2S. The van der Waals surface area contributed by atoms with Gasteiger partial charge < -0.3 is 5.32 Å². The Bertz CT molecular complexity index is 1020. The minimum Gasteiger partial charge on any atom is -0.351 e. The number of nitrogens with zero attached hydrogens (tertiary/aromatic N) is 3. The predicted molar refractivity (Wildman–Crippen MR) is 104 cm³/mol. The normalized spacial score (nSPS) is 20.7. The van der Waals surface area contributed by atoms with Gasteiger partial charge >= 0.3 is 0 Å². The number of carbonyl (C=O) groups is 1. The third kappa shape index (κ3) is 3.05. The van der Waals surface area contributed by atoms with Crippen LogP contribution in [-0.4, -0.2) is 26.1 Å². The highest BCUT2D eigenvalue weighted by Gasteiger charge is 2.23. The van der Waals surface area contributed by atoms with Gasteiger partial charge in [0, 0.05) is 10.9 Å². The van der Waals surface area contributed by atoms with Crippen LogP contribution in [0.4, 0.5) is 0 Å². The summed E-state index contributed by atoms with van der Waals surface area (Å²) in [4.78, 5) is 26.4. The largest absolute Gasteiger partial charge is 0.351 e. The molecule has 2 unspecified atom stereocenters. The van der Waals surface area contributed by atoms with Gasteiger partial charge in [0.05, 0.1) is 10.2 Å². The summed E-state index contributed by atoms with van der Waals surface area (Å²) >= 11 is 1.70. The molecule has 0 spiro atoms. The van der Waals surface area contributed by atoms with Gasteiger partial charge in [0.25, 0.3) is 5.56 Å². The molecule has 0 bridgehead atoms. The van der Waals surface area contributed by atoms with E-state index in [-0.39, 0.29) is 24.1 Å². The number of hydrogen-bond acceptors (Lipinski definition) is 4. The lowest BCUT2D eigenvalue weighted by molar-refractivity contribution is -0.123. The Morgan fingerprint density at radius 1 is 1.31 bits per heavy atom. The molecule has 1 N–H and O–H groups in total. The molecule has 1 aliphatic carbocycles. The zero-order valence-electron chi connectivity index (χ0n) is 15.2. The molecule has 3 aromatic heterocycles. The van der Waals surface area contributed by atoms with Crippen LogP contribution in [0.2, 0.25) is 0 Å². The van der Waals surface area contributed by atoms with E-state index in [1.807, 2.05) is 10.5 Å². The van der Waals surface area contributed by atoms with Crippen LogP contribution in [0.5, 0.6) is 0 Å². The third-order valence-electron chi connectivity index (χ3n) is 5.44. The first-order valence-electron chi connectivity index (χ1n) is 9.35. The lowest BCUT2D eigenvalue weighted by Gasteiger charge is -2.29. The summed E-state index contributed by atoms with van der Waals surface area (Å²) in [6.45, 7) is 4.27. The van der Waals surface area contributed by atoms with Crippen LogP contribution in [0.15, 0.2) is 23.3 Å². The first-order valence-corrected chi connectivity index (χ1v) is 10.2. The van der Waals surface area contributed by atoms with Crippen molar-refractivity contribution in [1.29, 1.82) is 0 Å². The first kappa shape index (κ1) is 17.3. The van der Waals surface area contributed by atoms with Crippen molar-refractivity contribution in [2.24, 2.45) is 5.92 Å². The van der Waals surface area contributed by atoms with Gasteiger partial charge in [0.15, 0.2) is 0 Å². The highest BCUT2D eigenvalue weighted by molar-refractivity contribution is 7.19. The molecule has 1 fully saturated rings. The van der Waals surface area contributed by atoms with E-state index in [4.69, 9.17) is 0 Å². The minimum atomic E-state index is -0.221. The quantitative estimate of drug-likeness (QED) is 0.765. The van der Waals surface area contributed by atoms with Crippen molar-refractivity contribution in [2.45, 2.75) is 58.5 Å². The third-order valence-corrected chi connectivity index (χ3v) is 6.65. The minimum absolute atomic E-state index is 0.0302. The van der Waals surface area contributed by atoms with Crippen LogP contribution >= 0.6 is 11.3 Å². The van der Waals surface area contributed by atoms with Gasteiger partial charge in [-0.15, -0.1) is 11.3 Å². The number of nitrogens with one attached hydrogen (secondary N) is 1. The van der Waals surface area contributed by atoms with E-state index in [0.717, 1.165) is 35.9 Å². The van der Waals surface area contributed by atoms with E-state index >= 15 is 0 Å². The number of rotatable bonds is 4. The highest BCUT2D eigenvalue weighted by atomic mass is 32.1. The van der Waals surface area contributed by atoms with Crippen molar-refractivity contribution in [3.63, 3.8) is 0 Å². The fraction of sp³-hybridized carbons (Fsp3) is 0.526. The molecule has 4 rings (SSSR count). The van der Waals surface area contributed by atoms with Gasteiger partial charge in [0.2, 0.25) is 5.91 Å². The second-order valence-electron chi connectivity index (χ2n) is 7.24. The van der Waals surface area contributed by atoms with Gasteiger partial charge in [-0.3, -0.25) is 14.0 Å². The molecule has 1 aliphatic rings. The lowest BCUT2D eigenvalue weighted by atomic mass is 9.86. The molecule has 0 radical (unpaired) electrons. The molecule has 7 heteroatoms. The maximum absolute atomic E-state index is 12.7. The average Bonchev–Trinajstić information content (AvgIpc) is 3.17. The molecule has 0 aliphatic heterocycles. The highest BCUT2D eigenvalue weighted by Crippen LogP contribution is 2.28. The van der Waals surface area contributed by atoms with Crippen molar-refractivity contribution in [3.05, 3.63) is 33.7 Å². The summed E-state index contributed by atoms with van der Waals surface area (Å²) in [5, 5.41) is 7.31. The zero-order valence-corrected chi connectivity index (χ0v) is 16.0. The maximum atomic E-state index is 12.7. The standard InChI is InChI=1S/C19H24N4O2S/c1-3-13-8-15-17(26-13)9-16-19(25)23(20-11-22(15)16)10-18(24)21-14-7-5-4-6-12(14)2/h8-9,11-12,14H,3-7,10H2,1-2H3,(H,21,24). The number of carbonyl (C=O) groups excluding carboxylic acids is 1. The predicted octanol–water partition coefficient (Wildman–Crippen LogP) is 2.97. The molecule has 3 aromatic rings. The topological polar surface area (TPSA) is 68.4 Å². The van der Waals surface area contributed by atoms with Crippen LogP contribution in [0.25, 0.3) is 15.7 Å². The van der Waals surface area contributed by atoms with Gasteiger partial charge in [0.1, 0.15) is 18.4 Å². The summed E-state index contributed by atoms with van der Waals surface area (Å²) in [5.41, 5.74) is 1.36. The Morgan fingerprint density at radius 3 is 2.88 bits per heavy atom. The van der Waals surface area contributed by atoms with Crippen LogP contribution < -0.4 is 10.9 Å². The number of aromatic nitrogens is 3. The number of hydrogen-bond donors (Lipinski definition) is 1. The molecule has 1 amide bonds. The van der Waals surface area contributed by atoms with Crippen LogP contribution in [0.1, 0.15) is 44.4 Å². The van der Waals surface area contributed by atoms with Crippen molar-refractivity contribution in [1.82, 2.24) is 19.5 Å². The Morgan fingerprint density at radius 2 is 2.12 bits per heavy atom. The molecule has 1 saturated carbocycles. The lowest BCUT2D eigenvalue weighted by Crippen LogP contribution is -2.43. The first-order chi connectivity index (χ1) is 12.6. The summed E-state index contributed by atoms with van der Waals surface area (Å²) in [6, 6.07) is 4.22. The maximum Gasteiger partial charge on any atom is 0.291 e. The molecular weight excluding hydrogens is 348 g/mol. The van der Waals surface area contributed by atoms with Gasteiger partial charge in [-0.1, -0.05) is 26.7 Å². The smallest absolute Gasteiger partial charge is 0.291 e. The van der Waals surface area contributed by atoms with E-state index in [0.29, 0.717) is 11.4 Å². The Labute approximate surface area is 155 Å². The fourth-order valence-corrected chi connectivity index (χ4v) is 4.89. The van der Waals surface area contributed by atoms with Gasteiger partial charge in [-0.2, -0.15) is 5.10 Å². The van der Waals surface area contributed by atoms with Gasteiger partial charge in [-0.05, 0) is 37.3 Å². The number of amides is 1.